The van der Waals surface area contributed by atoms with Gasteiger partial charge in [-0.2, -0.15) is 4.72 Å². The minimum atomic E-state index is -3.92. The van der Waals surface area contributed by atoms with Gasteiger partial charge in [-0.25, -0.2) is 8.42 Å². The van der Waals surface area contributed by atoms with Crippen molar-refractivity contribution in [3.63, 3.8) is 0 Å². The maximum absolute atomic E-state index is 12.6. The Kier molecular flexibility index (Phi) is 7.93. The highest BCUT2D eigenvalue weighted by atomic mass is 32.2. The van der Waals surface area contributed by atoms with Crippen molar-refractivity contribution >= 4 is 21.9 Å². The number of fused-ring (bicyclic) bond motifs is 1. The van der Waals surface area contributed by atoms with Crippen LogP contribution in [0.25, 0.3) is 0 Å². The van der Waals surface area contributed by atoms with E-state index in [2.05, 4.69) is 4.72 Å². The van der Waals surface area contributed by atoms with Crippen LogP contribution in [0.5, 0.6) is 11.5 Å². The van der Waals surface area contributed by atoms with Crippen LogP contribution in [0, 0.1) is 5.92 Å². The molecule has 1 aliphatic rings. The largest absolute Gasteiger partial charge is 0.486 e. The summed E-state index contributed by atoms with van der Waals surface area (Å²) >= 11 is 0. The number of carbonyl (C=O) groups excluding carboxylic acids is 2. The Bertz CT molecular complexity index is 1070. The monoisotopic (exact) mass is 476 g/mol. The Labute approximate surface area is 193 Å². The summed E-state index contributed by atoms with van der Waals surface area (Å²) in [7, 11) is -2.36. The first-order chi connectivity index (χ1) is 15.7. The summed E-state index contributed by atoms with van der Waals surface area (Å²) in [5.41, 5.74) is 0. The van der Waals surface area contributed by atoms with Crippen LogP contribution >= 0.6 is 0 Å². The lowest BCUT2D eigenvalue weighted by Crippen LogP contribution is -2.47. The zero-order chi connectivity index (χ0) is 24.0. The van der Waals surface area contributed by atoms with Crippen molar-refractivity contribution in [2.24, 2.45) is 5.92 Å². The van der Waals surface area contributed by atoms with Gasteiger partial charge < -0.3 is 19.1 Å². The van der Waals surface area contributed by atoms with E-state index in [1.165, 1.54) is 17.0 Å². The third-order valence-corrected chi connectivity index (χ3v) is 6.52. The first-order valence-corrected chi connectivity index (χ1v) is 12.0. The molecule has 10 heteroatoms. The molecular weight excluding hydrogens is 448 g/mol. The summed E-state index contributed by atoms with van der Waals surface area (Å²) in [5.74, 6) is -0.408. The predicted molar refractivity (Wildman–Crippen MR) is 120 cm³/mol. The molecule has 33 heavy (non-hydrogen) atoms. The van der Waals surface area contributed by atoms with E-state index >= 15 is 0 Å². The van der Waals surface area contributed by atoms with E-state index in [1.54, 1.807) is 51.2 Å². The summed E-state index contributed by atoms with van der Waals surface area (Å²) in [5, 5.41) is 0. The summed E-state index contributed by atoms with van der Waals surface area (Å²) in [6, 6.07) is 13.9. The fourth-order valence-electron chi connectivity index (χ4n) is 3.18. The van der Waals surface area contributed by atoms with Gasteiger partial charge in [0.1, 0.15) is 12.6 Å². The number of carbonyl (C=O) groups is 2. The number of hydrogen-bond acceptors (Lipinski definition) is 7. The second-order valence-electron chi connectivity index (χ2n) is 8.04. The lowest BCUT2D eigenvalue weighted by atomic mass is 10.1. The highest BCUT2D eigenvalue weighted by molar-refractivity contribution is 7.89. The molecule has 1 amide bonds. The van der Waals surface area contributed by atoms with E-state index in [0.717, 1.165) is 0 Å². The van der Waals surface area contributed by atoms with Crippen LogP contribution in [-0.2, 0) is 24.3 Å². The van der Waals surface area contributed by atoms with Crippen LogP contribution < -0.4 is 14.2 Å². The zero-order valence-electron chi connectivity index (χ0n) is 18.8. The Morgan fingerprint density at radius 1 is 1.09 bits per heavy atom. The molecule has 0 bridgehead atoms. The van der Waals surface area contributed by atoms with Gasteiger partial charge in [0.2, 0.25) is 10.0 Å². The third kappa shape index (κ3) is 6.45. The van der Waals surface area contributed by atoms with Crippen molar-refractivity contribution in [3.05, 3.63) is 54.6 Å². The van der Waals surface area contributed by atoms with Gasteiger partial charge in [0, 0.05) is 7.05 Å². The molecule has 1 N–H and O–H groups in total. The first kappa shape index (κ1) is 24.5. The number of para-hydroxylation sites is 2. The SMILES string of the molecule is CC(C)[C@H](NS(=O)(=O)c1ccccc1)C(=O)OCC(=O)N(C)CC1COc2ccccc2O1. The lowest BCUT2D eigenvalue weighted by Gasteiger charge is -2.29. The number of esters is 1. The summed E-state index contributed by atoms with van der Waals surface area (Å²) < 4.78 is 44.2. The highest BCUT2D eigenvalue weighted by Gasteiger charge is 2.31. The smallest absolute Gasteiger partial charge is 0.324 e. The molecule has 9 nitrogen and oxygen atoms in total. The van der Waals surface area contributed by atoms with Crippen molar-refractivity contribution in [1.82, 2.24) is 9.62 Å². The van der Waals surface area contributed by atoms with Crippen molar-refractivity contribution in [3.8, 4) is 11.5 Å². The number of rotatable bonds is 9. The van der Waals surface area contributed by atoms with E-state index in [4.69, 9.17) is 14.2 Å². The molecule has 2 atom stereocenters. The number of amides is 1. The lowest BCUT2D eigenvalue weighted by molar-refractivity contribution is -0.154. The summed E-state index contributed by atoms with van der Waals surface area (Å²) in [4.78, 5) is 26.5. The van der Waals surface area contributed by atoms with Crippen LogP contribution in [-0.4, -0.2) is 64.1 Å². The second-order valence-corrected chi connectivity index (χ2v) is 9.75. The maximum atomic E-state index is 12.6. The average Bonchev–Trinajstić information content (AvgIpc) is 2.81. The van der Waals surface area contributed by atoms with Crippen LogP contribution in [0.4, 0.5) is 0 Å². The fourth-order valence-corrected chi connectivity index (χ4v) is 4.54. The number of nitrogens with zero attached hydrogens (tertiary/aromatic N) is 1. The standard InChI is InChI=1S/C23H28N2O7S/c1-16(2)22(24-33(28,29)18-9-5-4-6-10-18)23(27)31-15-21(26)25(3)13-17-14-30-19-11-7-8-12-20(19)32-17/h4-12,16-17,22,24H,13-15H2,1-3H3/t17?,22-/m0/s1. The third-order valence-electron chi connectivity index (χ3n) is 5.06. The van der Waals surface area contributed by atoms with Gasteiger partial charge in [-0.1, -0.05) is 44.2 Å². The highest BCUT2D eigenvalue weighted by Crippen LogP contribution is 2.30. The molecule has 1 heterocycles. The number of likely N-dealkylation sites (N-methyl/N-ethyl adjacent to an activating group) is 1. The maximum Gasteiger partial charge on any atom is 0.324 e. The summed E-state index contributed by atoms with van der Waals surface area (Å²) in [6.45, 7) is 3.37. The van der Waals surface area contributed by atoms with E-state index in [1.807, 2.05) is 12.1 Å². The minimum Gasteiger partial charge on any atom is -0.486 e. The molecule has 2 aromatic carbocycles. The molecule has 0 radical (unpaired) electrons. The molecule has 0 aliphatic carbocycles. The predicted octanol–water partition coefficient (Wildman–Crippen LogP) is 1.83. The number of sulfonamides is 1. The number of nitrogens with one attached hydrogen (secondary N) is 1. The van der Waals surface area contributed by atoms with Crippen LogP contribution in [0.2, 0.25) is 0 Å². The zero-order valence-corrected chi connectivity index (χ0v) is 19.6. The van der Waals surface area contributed by atoms with Gasteiger partial charge in [0.05, 0.1) is 11.4 Å². The Morgan fingerprint density at radius 3 is 2.39 bits per heavy atom. The molecule has 0 fully saturated rings. The molecule has 0 spiro atoms. The van der Waals surface area contributed by atoms with Crippen LogP contribution in [0.1, 0.15) is 13.8 Å². The molecule has 178 valence electrons. The van der Waals surface area contributed by atoms with E-state index < -0.39 is 40.5 Å². The number of ether oxygens (including phenoxy) is 3. The molecule has 1 unspecified atom stereocenters. The molecule has 0 saturated carbocycles. The van der Waals surface area contributed by atoms with Crippen molar-refractivity contribution in [1.29, 1.82) is 0 Å². The fraction of sp³-hybridized carbons (Fsp3) is 0.391. The average molecular weight is 477 g/mol. The van der Waals surface area contributed by atoms with Crippen molar-refractivity contribution < 1.29 is 32.2 Å². The minimum absolute atomic E-state index is 0.0375. The Hall–Kier alpha value is -3.11. The van der Waals surface area contributed by atoms with E-state index in [9.17, 15) is 18.0 Å². The quantitative estimate of drug-likeness (QED) is 0.550. The molecule has 0 saturated heterocycles. The van der Waals surface area contributed by atoms with Gasteiger partial charge in [-0.15, -0.1) is 0 Å². The van der Waals surface area contributed by atoms with Gasteiger partial charge in [-0.3, -0.25) is 9.59 Å². The van der Waals surface area contributed by atoms with Crippen molar-refractivity contribution in [2.75, 3.05) is 26.8 Å². The van der Waals surface area contributed by atoms with Gasteiger partial charge in [0.15, 0.2) is 24.2 Å². The molecule has 2 aromatic rings. The number of hydrogen-bond donors (Lipinski definition) is 1. The molecule has 3 rings (SSSR count). The van der Waals surface area contributed by atoms with Crippen LogP contribution in [0.3, 0.4) is 0 Å². The van der Waals surface area contributed by atoms with E-state index in [0.29, 0.717) is 11.5 Å². The van der Waals surface area contributed by atoms with E-state index in [-0.39, 0.29) is 24.2 Å². The Balaban J connectivity index is 1.53. The van der Waals surface area contributed by atoms with Gasteiger partial charge >= 0.3 is 5.97 Å². The number of benzene rings is 2. The normalized spacial score (nSPS) is 16.2. The molecule has 1 aliphatic heterocycles. The van der Waals surface area contributed by atoms with Gasteiger partial charge in [-0.05, 0) is 30.2 Å². The molecular formula is C23H28N2O7S. The summed E-state index contributed by atoms with van der Waals surface area (Å²) in [6.07, 6.45) is -0.370. The first-order valence-electron chi connectivity index (χ1n) is 10.5. The van der Waals surface area contributed by atoms with Crippen molar-refractivity contribution in [2.45, 2.75) is 30.9 Å². The van der Waals surface area contributed by atoms with Gasteiger partial charge in [0.25, 0.3) is 5.91 Å². The van der Waals surface area contributed by atoms with Crippen LogP contribution in [0.15, 0.2) is 59.5 Å². The molecule has 0 aromatic heterocycles. The Morgan fingerprint density at radius 2 is 1.73 bits per heavy atom. The second kappa shape index (κ2) is 10.7. The topological polar surface area (TPSA) is 111 Å².